The predicted molar refractivity (Wildman–Crippen MR) is 96.2 cm³/mol. The van der Waals surface area contributed by atoms with Gasteiger partial charge in [-0.3, -0.25) is 9.20 Å². The summed E-state index contributed by atoms with van der Waals surface area (Å²) in [6, 6.07) is 3.42. The third-order valence-corrected chi connectivity index (χ3v) is 5.02. The van der Waals surface area contributed by atoms with Gasteiger partial charge in [-0.2, -0.15) is 0 Å². The number of morpholine rings is 1. The molecule has 25 heavy (non-hydrogen) atoms. The molecule has 0 unspecified atom stereocenters. The van der Waals surface area contributed by atoms with Gasteiger partial charge in [-0.15, -0.1) is 11.3 Å². The molecule has 4 heterocycles. The van der Waals surface area contributed by atoms with E-state index in [1.165, 1.54) is 0 Å². The fourth-order valence-electron chi connectivity index (χ4n) is 2.90. The SMILES string of the molecule is C[C@H](NC(=O)c1cccnc1N1CCOCC1)c1cn2ccsc2n1. The third kappa shape index (κ3) is 3.22. The van der Waals surface area contributed by atoms with Crippen molar-refractivity contribution in [2.75, 3.05) is 31.2 Å². The van der Waals surface area contributed by atoms with Crippen molar-refractivity contribution in [1.29, 1.82) is 0 Å². The molecule has 1 N–H and O–H groups in total. The van der Waals surface area contributed by atoms with E-state index in [1.54, 1.807) is 23.6 Å². The van der Waals surface area contributed by atoms with Crippen LogP contribution in [0.25, 0.3) is 4.96 Å². The van der Waals surface area contributed by atoms with Gasteiger partial charge in [0, 0.05) is 37.1 Å². The summed E-state index contributed by atoms with van der Waals surface area (Å²) in [4.78, 5) is 24.8. The lowest BCUT2D eigenvalue weighted by Crippen LogP contribution is -2.38. The lowest BCUT2D eigenvalue weighted by Gasteiger charge is -2.29. The molecule has 0 spiro atoms. The van der Waals surface area contributed by atoms with Crippen LogP contribution in [0.4, 0.5) is 5.82 Å². The molecule has 1 saturated heterocycles. The molecule has 130 valence electrons. The van der Waals surface area contributed by atoms with Gasteiger partial charge in [0.05, 0.1) is 30.5 Å². The summed E-state index contributed by atoms with van der Waals surface area (Å²) in [5.41, 5.74) is 1.43. The third-order valence-electron chi connectivity index (χ3n) is 4.25. The number of carbonyl (C=O) groups excluding carboxylic acids is 1. The van der Waals surface area contributed by atoms with Crippen LogP contribution < -0.4 is 10.2 Å². The minimum absolute atomic E-state index is 0.140. The van der Waals surface area contributed by atoms with E-state index in [9.17, 15) is 4.79 Å². The van der Waals surface area contributed by atoms with Crippen LogP contribution in [0.5, 0.6) is 0 Å². The molecule has 1 atom stereocenters. The van der Waals surface area contributed by atoms with Crippen LogP contribution in [0.1, 0.15) is 29.0 Å². The molecule has 0 bridgehead atoms. The number of fused-ring (bicyclic) bond motifs is 1. The minimum Gasteiger partial charge on any atom is -0.378 e. The number of hydrogen-bond donors (Lipinski definition) is 1. The van der Waals surface area contributed by atoms with Gasteiger partial charge in [0.15, 0.2) is 4.96 Å². The van der Waals surface area contributed by atoms with E-state index in [4.69, 9.17) is 4.74 Å². The average molecular weight is 357 g/mol. The molecule has 0 aromatic carbocycles. The predicted octanol–water partition coefficient (Wildman–Crippen LogP) is 2.12. The molecule has 3 aromatic rings. The molecule has 0 saturated carbocycles. The first-order valence-electron chi connectivity index (χ1n) is 8.23. The summed E-state index contributed by atoms with van der Waals surface area (Å²) in [5.74, 6) is 0.569. The molecule has 8 heteroatoms. The second-order valence-corrected chi connectivity index (χ2v) is 6.80. The smallest absolute Gasteiger partial charge is 0.255 e. The Morgan fingerprint density at radius 1 is 1.40 bits per heavy atom. The first-order valence-corrected chi connectivity index (χ1v) is 9.11. The van der Waals surface area contributed by atoms with Crippen LogP contribution >= 0.6 is 11.3 Å². The van der Waals surface area contributed by atoms with Crippen molar-refractivity contribution < 1.29 is 9.53 Å². The summed E-state index contributed by atoms with van der Waals surface area (Å²) in [6.45, 7) is 4.72. The number of imidazole rings is 1. The molecule has 1 aliphatic rings. The first-order chi connectivity index (χ1) is 12.2. The second kappa shape index (κ2) is 6.81. The number of pyridine rings is 1. The molecule has 0 radical (unpaired) electrons. The van der Waals surface area contributed by atoms with Crippen molar-refractivity contribution in [3.63, 3.8) is 0 Å². The number of carbonyl (C=O) groups is 1. The molecule has 1 aliphatic heterocycles. The topological polar surface area (TPSA) is 71.8 Å². The van der Waals surface area contributed by atoms with Crippen molar-refractivity contribution >= 4 is 28.0 Å². The van der Waals surface area contributed by atoms with E-state index in [1.807, 2.05) is 35.2 Å². The number of nitrogens with zero attached hydrogens (tertiary/aromatic N) is 4. The lowest BCUT2D eigenvalue weighted by molar-refractivity contribution is 0.0937. The van der Waals surface area contributed by atoms with Crippen LogP contribution in [0.15, 0.2) is 36.1 Å². The summed E-state index contributed by atoms with van der Waals surface area (Å²) in [6.07, 6.45) is 5.63. The molecule has 7 nitrogen and oxygen atoms in total. The molecule has 4 rings (SSSR count). The lowest BCUT2D eigenvalue weighted by atomic mass is 10.2. The van der Waals surface area contributed by atoms with E-state index in [2.05, 4.69) is 20.2 Å². The number of amides is 1. The number of anilines is 1. The Labute approximate surface area is 149 Å². The van der Waals surface area contributed by atoms with E-state index >= 15 is 0 Å². The number of thiazole rings is 1. The molecule has 3 aromatic heterocycles. The van der Waals surface area contributed by atoms with Crippen LogP contribution in [-0.4, -0.2) is 46.6 Å². The first kappa shape index (κ1) is 16.0. The highest BCUT2D eigenvalue weighted by molar-refractivity contribution is 7.15. The molecule has 0 aliphatic carbocycles. The Kier molecular flexibility index (Phi) is 4.37. The second-order valence-electron chi connectivity index (χ2n) is 5.93. The number of aromatic nitrogens is 3. The maximum atomic E-state index is 12.8. The maximum Gasteiger partial charge on any atom is 0.255 e. The molecular weight excluding hydrogens is 338 g/mol. The van der Waals surface area contributed by atoms with E-state index in [0.29, 0.717) is 24.6 Å². The van der Waals surface area contributed by atoms with Gasteiger partial charge in [0.25, 0.3) is 5.91 Å². The molecule has 1 amide bonds. The van der Waals surface area contributed by atoms with Gasteiger partial charge >= 0.3 is 0 Å². The van der Waals surface area contributed by atoms with Gasteiger partial charge < -0.3 is 15.0 Å². The quantitative estimate of drug-likeness (QED) is 0.774. The highest BCUT2D eigenvalue weighted by Gasteiger charge is 2.22. The van der Waals surface area contributed by atoms with Crippen molar-refractivity contribution in [1.82, 2.24) is 19.7 Å². The Morgan fingerprint density at radius 3 is 3.04 bits per heavy atom. The van der Waals surface area contributed by atoms with Gasteiger partial charge in [-0.1, -0.05) is 0 Å². The summed E-state index contributed by atoms with van der Waals surface area (Å²) in [5, 5.41) is 5.02. The Morgan fingerprint density at radius 2 is 2.24 bits per heavy atom. The zero-order valence-corrected chi connectivity index (χ0v) is 14.7. The van der Waals surface area contributed by atoms with Crippen LogP contribution in [0.3, 0.4) is 0 Å². The average Bonchev–Trinajstić information content (AvgIpc) is 3.24. The maximum absolute atomic E-state index is 12.8. The van der Waals surface area contributed by atoms with Crippen LogP contribution in [0.2, 0.25) is 0 Å². The zero-order valence-electron chi connectivity index (χ0n) is 13.9. The Bertz CT molecular complexity index is 855. The molecule has 1 fully saturated rings. The number of nitrogens with one attached hydrogen (secondary N) is 1. The van der Waals surface area contributed by atoms with Gasteiger partial charge in [-0.05, 0) is 19.1 Å². The number of ether oxygens (including phenoxy) is 1. The molecular formula is C17H19N5O2S. The highest BCUT2D eigenvalue weighted by Crippen LogP contribution is 2.21. The van der Waals surface area contributed by atoms with E-state index in [0.717, 1.165) is 23.7 Å². The standard InChI is InChI=1S/C17H19N5O2S/c1-12(14-11-22-7-10-25-17(22)20-14)19-16(23)13-3-2-4-18-15(13)21-5-8-24-9-6-21/h2-4,7,10-12H,5-6,8-9H2,1H3,(H,19,23)/t12-/m0/s1. The van der Waals surface area contributed by atoms with Crippen molar-refractivity contribution in [2.24, 2.45) is 0 Å². The normalized spacial score (nSPS) is 16.1. The largest absolute Gasteiger partial charge is 0.378 e. The van der Waals surface area contributed by atoms with Crippen molar-refractivity contribution in [3.8, 4) is 0 Å². The van der Waals surface area contributed by atoms with Crippen LogP contribution in [0, 0.1) is 0 Å². The van der Waals surface area contributed by atoms with Gasteiger partial charge in [0.1, 0.15) is 5.82 Å². The monoisotopic (exact) mass is 357 g/mol. The number of rotatable bonds is 4. The fourth-order valence-corrected chi connectivity index (χ4v) is 3.61. The van der Waals surface area contributed by atoms with Crippen molar-refractivity contribution in [2.45, 2.75) is 13.0 Å². The summed E-state index contributed by atoms with van der Waals surface area (Å²) in [7, 11) is 0. The summed E-state index contributed by atoms with van der Waals surface area (Å²) < 4.78 is 7.35. The van der Waals surface area contributed by atoms with Gasteiger partial charge in [-0.25, -0.2) is 9.97 Å². The highest BCUT2D eigenvalue weighted by atomic mass is 32.1. The zero-order chi connectivity index (χ0) is 17.2. The number of hydrogen-bond acceptors (Lipinski definition) is 6. The van der Waals surface area contributed by atoms with E-state index in [-0.39, 0.29) is 11.9 Å². The Hall–Kier alpha value is -2.45. The summed E-state index contributed by atoms with van der Waals surface area (Å²) >= 11 is 1.57. The minimum atomic E-state index is -0.183. The van der Waals surface area contributed by atoms with Crippen molar-refractivity contribution in [3.05, 3.63) is 47.4 Å². The Balaban J connectivity index is 1.53. The van der Waals surface area contributed by atoms with E-state index < -0.39 is 0 Å². The van der Waals surface area contributed by atoms with Gasteiger partial charge in [0.2, 0.25) is 0 Å². The van der Waals surface area contributed by atoms with Crippen LogP contribution in [-0.2, 0) is 4.74 Å². The fraction of sp³-hybridized carbons (Fsp3) is 0.353.